The summed E-state index contributed by atoms with van der Waals surface area (Å²) in [6.45, 7) is 2.17. The molecule has 4 aromatic carbocycles. The van der Waals surface area contributed by atoms with Gasteiger partial charge in [-0.2, -0.15) is 0 Å². The first-order valence-electron chi connectivity index (χ1n) is 11.9. The van der Waals surface area contributed by atoms with Crippen LogP contribution in [0.5, 0.6) is 23.0 Å². The number of hydrogen-bond acceptors (Lipinski definition) is 5. The fourth-order valence-electron chi connectivity index (χ4n) is 4.60. The van der Waals surface area contributed by atoms with E-state index in [9.17, 15) is 15.0 Å². The molecule has 6 nitrogen and oxygen atoms in total. The summed E-state index contributed by atoms with van der Waals surface area (Å²) < 4.78 is 6.41. The van der Waals surface area contributed by atoms with Crippen molar-refractivity contribution in [2.24, 2.45) is 0 Å². The van der Waals surface area contributed by atoms with Crippen LogP contribution in [0.4, 0.5) is 5.69 Å². The molecule has 0 radical (unpaired) electrons. The number of rotatable bonds is 6. The molecule has 1 saturated heterocycles. The Morgan fingerprint density at radius 1 is 0.857 bits per heavy atom. The molecule has 178 valence electrons. The lowest BCUT2D eigenvalue weighted by Gasteiger charge is -2.26. The van der Waals surface area contributed by atoms with Gasteiger partial charge in [-0.15, -0.1) is 0 Å². The molecule has 6 heteroatoms. The first-order valence-corrected chi connectivity index (χ1v) is 11.9. The molecule has 5 rings (SSSR count). The predicted molar refractivity (Wildman–Crippen MR) is 138 cm³/mol. The van der Waals surface area contributed by atoms with Crippen LogP contribution in [0.2, 0.25) is 0 Å². The van der Waals surface area contributed by atoms with Crippen LogP contribution in [0.25, 0.3) is 21.9 Å². The Kier molecular flexibility index (Phi) is 6.55. The van der Waals surface area contributed by atoms with Crippen LogP contribution < -0.4 is 10.1 Å². The Labute approximate surface area is 204 Å². The quantitative estimate of drug-likeness (QED) is 0.317. The summed E-state index contributed by atoms with van der Waals surface area (Å²) in [6, 6.07) is 23.2. The minimum absolute atomic E-state index is 0.0999. The highest BCUT2D eigenvalue weighted by Crippen LogP contribution is 2.45. The number of anilines is 1. The van der Waals surface area contributed by atoms with E-state index in [1.165, 1.54) is 6.42 Å². The van der Waals surface area contributed by atoms with Crippen molar-refractivity contribution < 1.29 is 19.7 Å². The fourth-order valence-corrected chi connectivity index (χ4v) is 4.60. The number of benzene rings is 4. The van der Waals surface area contributed by atoms with Crippen molar-refractivity contribution in [3.05, 3.63) is 78.9 Å². The predicted octanol–water partition coefficient (Wildman–Crippen LogP) is 6.13. The highest BCUT2D eigenvalue weighted by Gasteiger charge is 2.21. The van der Waals surface area contributed by atoms with Crippen LogP contribution in [0.3, 0.4) is 0 Å². The van der Waals surface area contributed by atoms with Crippen molar-refractivity contribution >= 4 is 22.4 Å². The fraction of sp³-hybridized carbons (Fsp3) is 0.207. The summed E-state index contributed by atoms with van der Waals surface area (Å²) in [5.41, 5.74) is 2.08. The maximum atomic E-state index is 13.1. The van der Waals surface area contributed by atoms with E-state index in [4.69, 9.17) is 4.74 Å². The van der Waals surface area contributed by atoms with Gasteiger partial charge in [-0.1, -0.05) is 36.8 Å². The number of para-hydroxylation sites is 1. The van der Waals surface area contributed by atoms with Gasteiger partial charge in [0, 0.05) is 10.9 Å². The third-order valence-corrected chi connectivity index (χ3v) is 6.29. The molecule has 1 amide bonds. The largest absolute Gasteiger partial charge is 0.508 e. The van der Waals surface area contributed by atoms with E-state index in [2.05, 4.69) is 10.2 Å². The van der Waals surface area contributed by atoms with Crippen molar-refractivity contribution in [2.75, 3.05) is 25.0 Å². The van der Waals surface area contributed by atoms with Gasteiger partial charge >= 0.3 is 0 Å². The van der Waals surface area contributed by atoms with Crippen molar-refractivity contribution in [3.8, 4) is 34.1 Å². The molecule has 0 aliphatic carbocycles. The van der Waals surface area contributed by atoms with Gasteiger partial charge in [0.1, 0.15) is 23.0 Å². The average molecular weight is 469 g/mol. The number of piperidine rings is 1. The number of aromatic hydroxyl groups is 2. The molecular weight excluding hydrogens is 440 g/mol. The van der Waals surface area contributed by atoms with Gasteiger partial charge in [-0.25, -0.2) is 0 Å². The minimum Gasteiger partial charge on any atom is -0.508 e. The summed E-state index contributed by atoms with van der Waals surface area (Å²) >= 11 is 0. The van der Waals surface area contributed by atoms with Gasteiger partial charge in [0.2, 0.25) is 5.91 Å². The summed E-state index contributed by atoms with van der Waals surface area (Å²) in [5.74, 6) is 1.40. The van der Waals surface area contributed by atoms with E-state index in [1.807, 2.05) is 42.5 Å². The van der Waals surface area contributed by atoms with Gasteiger partial charge in [-0.05, 0) is 85.4 Å². The number of amides is 1. The van der Waals surface area contributed by atoms with Crippen LogP contribution in [-0.4, -0.2) is 40.7 Å². The second-order valence-electron chi connectivity index (χ2n) is 8.88. The summed E-state index contributed by atoms with van der Waals surface area (Å²) in [5, 5.41) is 24.7. The first kappa shape index (κ1) is 22.7. The minimum atomic E-state index is -0.0999. The number of carbonyl (C=O) groups is 1. The SMILES string of the molecule is O=C(CN1CCCCC1)Nc1cc2cc(O)ccc2c(Oc2ccccc2)c1-c1ccc(O)cc1. The highest BCUT2D eigenvalue weighted by molar-refractivity contribution is 6.06. The monoisotopic (exact) mass is 468 g/mol. The number of phenols is 2. The van der Waals surface area contributed by atoms with E-state index >= 15 is 0 Å². The second kappa shape index (κ2) is 10.1. The van der Waals surface area contributed by atoms with E-state index in [-0.39, 0.29) is 17.4 Å². The van der Waals surface area contributed by atoms with Crippen molar-refractivity contribution in [3.63, 3.8) is 0 Å². The first-order chi connectivity index (χ1) is 17.1. The van der Waals surface area contributed by atoms with Crippen molar-refractivity contribution in [2.45, 2.75) is 19.3 Å². The number of phenolic OH excluding ortho intramolecular Hbond substituents is 2. The van der Waals surface area contributed by atoms with Crippen LogP contribution in [0.15, 0.2) is 78.9 Å². The van der Waals surface area contributed by atoms with Gasteiger partial charge in [0.15, 0.2) is 0 Å². The van der Waals surface area contributed by atoms with Crippen LogP contribution in [0, 0.1) is 0 Å². The van der Waals surface area contributed by atoms with E-state index in [0.29, 0.717) is 29.3 Å². The summed E-state index contributed by atoms with van der Waals surface area (Å²) in [7, 11) is 0. The van der Waals surface area contributed by atoms with E-state index < -0.39 is 0 Å². The number of nitrogens with one attached hydrogen (secondary N) is 1. The maximum Gasteiger partial charge on any atom is 0.238 e. The smallest absolute Gasteiger partial charge is 0.238 e. The second-order valence-corrected chi connectivity index (χ2v) is 8.88. The molecule has 1 aliphatic rings. The molecule has 0 unspecified atom stereocenters. The van der Waals surface area contributed by atoms with E-state index in [1.54, 1.807) is 36.4 Å². The Hall–Kier alpha value is -4.03. The Morgan fingerprint density at radius 2 is 1.57 bits per heavy atom. The average Bonchev–Trinajstić information content (AvgIpc) is 2.86. The summed E-state index contributed by atoms with van der Waals surface area (Å²) in [6.07, 6.45) is 3.42. The lowest BCUT2D eigenvalue weighted by atomic mass is 9.96. The molecule has 0 bridgehead atoms. The van der Waals surface area contributed by atoms with Crippen LogP contribution >= 0.6 is 0 Å². The molecule has 1 fully saturated rings. The number of likely N-dealkylation sites (tertiary alicyclic amines) is 1. The number of hydrogen-bond donors (Lipinski definition) is 3. The van der Waals surface area contributed by atoms with Gasteiger partial charge in [0.25, 0.3) is 0 Å². The normalized spacial score (nSPS) is 14.1. The lowest BCUT2D eigenvalue weighted by molar-refractivity contribution is -0.117. The van der Waals surface area contributed by atoms with Crippen molar-refractivity contribution in [1.29, 1.82) is 0 Å². The molecule has 0 saturated carbocycles. The lowest BCUT2D eigenvalue weighted by Crippen LogP contribution is -2.36. The zero-order valence-electron chi connectivity index (χ0n) is 19.4. The molecule has 0 atom stereocenters. The Morgan fingerprint density at radius 3 is 2.31 bits per heavy atom. The van der Waals surface area contributed by atoms with E-state index in [0.717, 1.165) is 42.3 Å². The molecule has 35 heavy (non-hydrogen) atoms. The third kappa shape index (κ3) is 5.23. The molecule has 1 heterocycles. The van der Waals surface area contributed by atoms with Crippen LogP contribution in [-0.2, 0) is 4.79 Å². The van der Waals surface area contributed by atoms with Gasteiger partial charge < -0.3 is 20.3 Å². The zero-order valence-corrected chi connectivity index (χ0v) is 19.4. The molecule has 0 aromatic heterocycles. The van der Waals surface area contributed by atoms with Crippen molar-refractivity contribution in [1.82, 2.24) is 4.90 Å². The Bertz CT molecular complexity index is 1330. The number of fused-ring (bicyclic) bond motifs is 1. The third-order valence-electron chi connectivity index (χ3n) is 6.29. The van der Waals surface area contributed by atoms with Gasteiger partial charge in [-0.3, -0.25) is 9.69 Å². The molecule has 0 spiro atoms. The number of nitrogens with zero attached hydrogens (tertiary/aromatic N) is 1. The van der Waals surface area contributed by atoms with Gasteiger partial charge in [0.05, 0.1) is 12.2 Å². The maximum absolute atomic E-state index is 13.1. The van der Waals surface area contributed by atoms with Crippen LogP contribution in [0.1, 0.15) is 19.3 Å². The number of carbonyl (C=O) groups excluding carboxylic acids is 1. The summed E-state index contributed by atoms with van der Waals surface area (Å²) in [4.78, 5) is 15.3. The molecular formula is C29H28N2O4. The Balaban J connectivity index is 1.64. The number of ether oxygens (including phenoxy) is 1. The standard InChI is InChI=1S/C29H28N2O4/c32-22-11-9-20(10-12-22)28-26(30-27(34)19-31-15-5-2-6-16-31)18-21-17-23(33)13-14-25(21)29(28)35-24-7-3-1-4-8-24/h1,3-4,7-14,17-18,32-33H,2,5-6,15-16,19H2,(H,30,34). The molecule has 1 aliphatic heterocycles. The topological polar surface area (TPSA) is 82.0 Å². The zero-order chi connectivity index (χ0) is 24.2. The molecule has 4 aromatic rings. The highest BCUT2D eigenvalue weighted by atomic mass is 16.5. The molecule has 3 N–H and O–H groups in total.